The van der Waals surface area contributed by atoms with Gasteiger partial charge in [0.05, 0.1) is 22.7 Å². The molecule has 5 rings (SSSR count). The summed E-state index contributed by atoms with van der Waals surface area (Å²) in [7, 11) is 0. The van der Waals surface area contributed by atoms with E-state index in [1.165, 1.54) is 18.3 Å². The number of benzene rings is 2. The van der Waals surface area contributed by atoms with E-state index < -0.39 is 29.9 Å². The topological polar surface area (TPSA) is 109 Å². The Kier molecular flexibility index (Phi) is 7.88. The normalized spacial score (nSPS) is 16.2. The Hall–Kier alpha value is -4.18. The molecule has 40 heavy (non-hydrogen) atoms. The molecule has 0 bridgehead atoms. The number of hydrogen-bond acceptors (Lipinski definition) is 6. The molecular weight excluding hydrogens is 541 g/mol. The lowest BCUT2D eigenvalue weighted by Gasteiger charge is -2.40. The molecule has 1 aromatic heterocycles. The van der Waals surface area contributed by atoms with Crippen LogP contribution in [-0.4, -0.2) is 58.2 Å². The molecule has 2 aliphatic rings. The van der Waals surface area contributed by atoms with Crippen molar-refractivity contribution in [2.75, 3.05) is 18.0 Å². The summed E-state index contributed by atoms with van der Waals surface area (Å²) >= 11 is 6.12. The molecular formula is C29H27ClFN3O6. The number of halogens is 2. The molecule has 1 fully saturated rings. The lowest BCUT2D eigenvalue weighted by atomic mass is 9.99. The average molecular weight is 568 g/mol. The highest BCUT2D eigenvalue weighted by Crippen LogP contribution is 2.34. The Morgan fingerprint density at radius 3 is 2.67 bits per heavy atom. The number of aromatic nitrogens is 1. The van der Waals surface area contributed by atoms with Crippen molar-refractivity contribution in [2.24, 2.45) is 0 Å². The van der Waals surface area contributed by atoms with E-state index >= 15 is 4.39 Å². The standard InChI is InChI=1S/C29H27ClFN3O6/c1-17(12-27(35)36)40-26-5-3-2-4-21(26)18-6-7-22(23(31)13-18)28(37)33-10-8-20(9-11-33)34-25-14-19(30)15-32-24(25)16-39-29(34)38/h2-7,13-15,17,20H,8-12,16H2,1H3,(H,35,36)/t17-/m1/s1. The second kappa shape index (κ2) is 11.5. The summed E-state index contributed by atoms with van der Waals surface area (Å²) < 4.78 is 26.3. The Bertz CT molecular complexity index is 1460. The van der Waals surface area contributed by atoms with Crippen LogP contribution in [0, 0.1) is 5.82 Å². The van der Waals surface area contributed by atoms with Gasteiger partial charge in [-0.2, -0.15) is 0 Å². The number of hydrogen-bond donors (Lipinski definition) is 1. The summed E-state index contributed by atoms with van der Waals surface area (Å²) in [5.74, 6) is -1.67. The molecule has 2 amide bonds. The molecule has 1 saturated heterocycles. The quantitative estimate of drug-likeness (QED) is 0.399. The number of carboxylic acid groups (broad SMARTS) is 1. The zero-order valence-corrected chi connectivity index (χ0v) is 22.4. The number of cyclic esters (lactones) is 1. The largest absolute Gasteiger partial charge is 0.489 e. The van der Waals surface area contributed by atoms with Gasteiger partial charge in [-0.3, -0.25) is 19.5 Å². The number of fused-ring (bicyclic) bond motifs is 1. The molecule has 9 nitrogen and oxygen atoms in total. The molecule has 0 radical (unpaired) electrons. The molecule has 11 heteroatoms. The van der Waals surface area contributed by atoms with Crippen molar-refractivity contribution in [1.29, 1.82) is 0 Å². The number of carboxylic acids is 1. The van der Waals surface area contributed by atoms with E-state index in [1.54, 1.807) is 53.1 Å². The summed E-state index contributed by atoms with van der Waals surface area (Å²) in [6.45, 7) is 2.38. The first-order valence-corrected chi connectivity index (χ1v) is 13.3. The summed E-state index contributed by atoms with van der Waals surface area (Å²) in [4.78, 5) is 44.2. The molecule has 1 atom stereocenters. The molecule has 1 N–H and O–H groups in total. The Balaban J connectivity index is 1.28. The molecule has 2 aliphatic heterocycles. The van der Waals surface area contributed by atoms with Gasteiger partial charge in [0.1, 0.15) is 30.0 Å². The van der Waals surface area contributed by atoms with Gasteiger partial charge in [-0.25, -0.2) is 9.18 Å². The highest BCUT2D eigenvalue weighted by molar-refractivity contribution is 6.30. The predicted octanol–water partition coefficient (Wildman–Crippen LogP) is 5.54. The number of carbonyl (C=O) groups excluding carboxylic acids is 2. The third-order valence-corrected chi connectivity index (χ3v) is 7.21. The Labute approximate surface area is 235 Å². The molecule has 3 heterocycles. The van der Waals surface area contributed by atoms with E-state index in [9.17, 15) is 14.4 Å². The Morgan fingerprint density at radius 2 is 1.95 bits per heavy atom. The minimum Gasteiger partial charge on any atom is -0.489 e. The lowest BCUT2D eigenvalue weighted by molar-refractivity contribution is -0.138. The summed E-state index contributed by atoms with van der Waals surface area (Å²) in [6.07, 6.45) is 1.22. The van der Waals surface area contributed by atoms with Crippen molar-refractivity contribution in [3.63, 3.8) is 0 Å². The number of ether oxygens (including phenoxy) is 2. The van der Waals surface area contributed by atoms with Gasteiger partial charge in [0.2, 0.25) is 0 Å². The lowest BCUT2D eigenvalue weighted by Crippen LogP contribution is -2.50. The SMILES string of the molecule is C[C@H](CC(=O)O)Oc1ccccc1-c1ccc(C(=O)N2CCC(N3C(=O)OCc4ncc(Cl)cc43)CC2)c(F)c1. The third kappa shape index (κ3) is 5.72. The number of likely N-dealkylation sites (tertiary alicyclic amines) is 1. The maximum absolute atomic E-state index is 15.3. The van der Waals surface area contributed by atoms with Crippen molar-refractivity contribution >= 4 is 35.3 Å². The molecule has 0 saturated carbocycles. The van der Waals surface area contributed by atoms with Crippen LogP contribution in [0.1, 0.15) is 42.2 Å². The highest BCUT2D eigenvalue weighted by Gasteiger charge is 2.36. The van der Waals surface area contributed by atoms with Crippen molar-refractivity contribution in [3.8, 4) is 16.9 Å². The van der Waals surface area contributed by atoms with Gasteiger partial charge < -0.3 is 19.5 Å². The zero-order valence-electron chi connectivity index (χ0n) is 21.7. The average Bonchev–Trinajstić information content (AvgIpc) is 2.92. The second-order valence-corrected chi connectivity index (χ2v) is 10.2. The van der Waals surface area contributed by atoms with Crippen molar-refractivity contribution < 1.29 is 33.4 Å². The maximum Gasteiger partial charge on any atom is 0.414 e. The maximum atomic E-state index is 15.3. The smallest absolute Gasteiger partial charge is 0.414 e. The fourth-order valence-electron chi connectivity index (χ4n) is 5.09. The monoisotopic (exact) mass is 567 g/mol. The van der Waals surface area contributed by atoms with Crippen LogP contribution in [0.4, 0.5) is 14.9 Å². The summed E-state index contributed by atoms with van der Waals surface area (Å²) in [6, 6.07) is 12.8. The number of pyridine rings is 1. The van der Waals surface area contributed by atoms with Gasteiger partial charge in [0, 0.05) is 30.9 Å². The number of amides is 2. The number of para-hydroxylation sites is 1. The highest BCUT2D eigenvalue weighted by atomic mass is 35.5. The van der Waals surface area contributed by atoms with E-state index in [0.717, 1.165) is 0 Å². The van der Waals surface area contributed by atoms with Gasteiger partial charge in [-0.05, 0) is 49.6 Å². The number of carbonyl (C=O) groups is 3. The van der Waals surface area contributed by atoms with Crippen LogP contribution in [-0.2, 0) is 16.1 Å². The van der Waals surface area contributed by atoms with E-state index in [4.69, 9.17) is 26.2 Å². The van der Waals surface area contributed by atoms with Crippen molar-refractivity contribution in [1.82, 2.24) is 9.88 Å². The summed E-state index contributed by atoms with van der Waals surface area (Å²) in [5.41, 5.74) is 2.26. The first kappa shape index (κ1) is 27.4. The number of rotatable bonds is 7. The van der Waals surface area contributed by atoms with Gasteiger partial charge in [0.25, 0.3) is 5.91 Å². The number of piperidine rings is 1. The zero-order chi connectivity index (χ0) is 28.4. The van der Waals surface area contributed by atoms with E-state index in [2.05, 4.69) is 4.98 Å². The van der Waals surface area contributed by atoms with Crippen molar-refractivity contribution in [2.45, 2.75) is 44.9 Å². The van der Waals surface area contributed by atoms with Crippen LogP contribution in [0.3, 0.4) is 0 Å². The van der Waals surface area contributed by atoms with Crippen LogP contribution in [0.2, 0.25) is 5.02 Å². The van der Waals surface area contributed by atoms with Crippen LogP contribution in [0.5, 0.6) is 5.75 Å². The van der Waals surface area contributed by atoms with Gasteiger partial charge in [0.15, 0.2) is 0 Å². The number of aliphatic carboxylic acids is 1. The van der Waals surface area contributed by atoms with Crippen LogP contribution in [0.15, 0.2) is 54.7 Å². The summed E-state index contributed by atoms with van der Waals surface area (Å²) in [5, 5.41) is 9.43. The van der Waals surface area contributed by atoms with Crippen LogP contribution in [0.25, 0.3) is 11.1 Å². The van der Waals surface area contributed by atoms with E-state index in [0.29, 0.717) is 59.2 Å². The first-order valence-electron chi connectivity index (χ1n) is 12.9. The second-order valence-electron chi connectivity index (χ2n) is 9.78. The third-order valence-electron chi connectivity index (χ3n) is 7.01. The number of anilines is 1. The van der Waals surface area contributed by atoms with Gasteiger partial charge in [-0.1, -0.05) is 35.9 Å². The van der Waals surface area contributed by atoms with E-state index in [-0.39, 0.29) is 24.6 Å². The predicted molar refractivity (Wildman–Crippen MR) is 145 cm³/mol. The van der Waals surface area contributed by atoms with Crippen molar-refractivity contribution in [3.05, 3.63) is 76.8 Å². The van der Waals surface area contributed by atoms with Crippen LogP contribution < -0.4 is 9.64 Å². The van der Waals surface area contributed by atoms with Crippen LogP contribution >= 0.6 is 11.6 Å². The fourth-order valence-corrected chi connectivity index (χ4v) is 5.24. The Morgan fingerprint density at radius 1 is 1.20 bits per heavy atom. The van der Waals surface area contributed by atoms with Gasteiger partial charge >= 0.3 is 12.1 Å². The fraction of sp³-hybridized carbons (Fsp3) is 0.310. The molecule has 0 aliphatic carbocycles. The number of nitrogens with zero attached hydrogens (tertiary/aromatic N) is 3. The molecule has 2 aromatic carbocycles. The molecule has 0 unspecified atom stereocenters. The molecule has 208 valence electrons. The van der Waals surface area contributed by atoms with Gasteiger partial charge in [-0.15, -0.1) is 0 Å². The van der Waals surface area contributed by atoms with E-state index in [1.807, 2.05) is 0 Å². The minimum atomic E-state index is -0.981. The molecule has 0 spiro atoms. The first-order chi connectivity index (χ1) is 19.2. The molecule has 3 aromatic rings. The minimum absolute atomic E-state index is 0.0569.